The van der Waals surface area contributed by atoms with Gasteiger partial charge in [-0.2, -0.15) is 0 Å². The van der Waals surface area contributed by atoms with E-state index in [0.717, 1.165) is 17.9 Å². The summed E-state index contributed by atoms with van der Waals surface area (Å²) in [5.41, 5.74) is 0.837. The molecule has 0 aliphatic carbocycles. The molecule has 0 heterocycles. The van der Waals surface area contributed by atoms with Crippen LogP contribution in [-0.2, 0) is 0 Å². The Bertz CT molecular complexity index is 299. The van der Waals surface area contributed by atoms with Crippen molar-refractivity contribution in [2.24, 2.45) is 0 Å². The monoisotopic (exact) mass is 197 g/mol. The molecule has 3 heteroatoms. The molecule has 0 bridgehead atoms. The van der Waals surface area contributed by atoms with Crippen LogP contribution in [0.25, 0.3) is 0 Å². The lowest BCUT2D eigenvalue weighted by atomic mass is 10.2. The van der Waals surface area contributed by atoms with Crippen molar-refractivity contribution in [3.8, 4) is 5.75 Å². The lowest BCUT2D eigenvalue weighted by molar-refractivity contribution is 0.260. The maximum absolute atomic E-state index is 12.7. The number of likely N-dealkylation sites (N-methyl/N-ethyl adjacent to an activating group) is 1. The first kappa shape index (κ1) is 11.0. The highest BCUT2D eigenvalue weighted by atomic mass is 19.1. The van der Waals surface area contributed by atoms with Crippen molar-refractivity contribution in [1.82, 2.24) is 4.90 Å². The molecule has 0 saturated carbocycles. The lowest BCUT2D eigenvalue weighted by Gasteiger charge is -2.12. The third-order valence-electron chi connectivity index (χ3n) is 1.93. The lowest BCUT2D eigenvalue weighted by Crippen LogP contribution is -2.19. The summed E-state index contributed by atoms with van der Waals surface area (Å²) in [7, 11) is 3.97. The molecule has 0 spiro atoms. The largest absolute Gasteiger partial charge is 0.492 e. The van der Waals surface area contributed by atoms with Crippen LogP contribution in [0, 0.1) is 12.7 Å². The summed E-state index contributed by atoms with van der Waals surface area (Å²) in [6, 6.07) is 4.56. The molecule has 2 nitrogen and oxygen atoms in total. The Morgan fingerprint density at radius 3 is 2.64 bits per heavy atom. The molecule has 1 aromatic rings. The Kier molecular flexibility index (Phi) is 3.89. The van der Waals surface area contributed by atoms with Gasteiger partial charge in [-0.15, -0.1) is 0 Å². The van der Waals surface area contributed by atoms with Gasteiger partial charge in [-0.05, 0) is 44.8 Å². The van der Waals surface area contributed by atoms with E-state index in [1.54, 1.807) is 6.07 Å². The summed E-state index contributed by atoms with van der Waals surface area (Å²) in [5, 5.41) is 0. The Balaban J connectivity index is 2.51. The van der Waals surface area contributed by atoms with Crippen LogP contribution in [0.1, 0.15) is 5.56 Å². The van der Waals surface area contributed by atoms with Crippen LogP contribution < -0.4 is 4.74 Å². The minimum Gasteiger partial charge on any atom is -0.492 e. The van der Waals surface area contributed by atoms with Gasteiger partial charge in [0.1, 0.15) is 18.2 Å². The van der Waals surface area contributed by atoms with Crippen LogP contribution in [0.2, 0.25) is 0 Å². The van der Waals surface area contributed by atoms with Crippen molar-refractivity contribution in [2.75, 3.05) is 27.2 Å². The topological polar surface area (TPSA) is 12.5 Å². The minimum atomic E-state index is -0.220. The second kappa shape index (κ2) is 4.96. The number of benzene rings is 1. The predicted octanol–water partition coefficient (Wildman–Crippen LogP) is 2.07. The van der Waals surface area contributed by atoms with Crippen molar-refractivity contribution < 1.29 is 9.13 Å². The van der Waals surface area contributed by atoms with Crippen LogP contribution in [-0.4, -0.2) is 32.1 Å². The molecule has 0 saturated heterocycles. The highest BCUT2D eigenvalue weighted by Crippen LogP contribution is 2.17. The predicted molar refractivity (Wildman–Crippen MR) is 55.2 cm³/mol. The summed E-state index contributed by atoms with van der Waals surface area (Å²) in [6.07, 6.45) is 0. The molecule has 0 aliphatic rings. The van der Waals surface area contributed by atoms with Gasteiger partial charge in [-0.25, -0.2) is 4.39 Å². The highest BCUT2D eigenvalue weighted by Gasteiger charge is 2.00. The molecule has 0 unspecified atom stereocenters. The average Bonchev–Trinajstić information content (AvgIpc) is 2.08. The fourth-order valence-electron chi connectivity index (χ4n) is 1.11. The molecule has 0 fully saturated rings. The van der Waals surface area contributed by atoms with E-state index in [-0.39, 0.29) is 5.82 Å². The SMILES string of the molecule is Cc1cc(F)ccc1OCCN(C)C. The van der Waals surface area contributed by atoms with Gasteiger partial charge in [-0.1, -0.05) is 0 Å². The van der Waals surface area contributed by atoms with Crippen molar-refractivity contribution in [3.05, 3.63) is 29.6 Å². The standard InChI is InChI=1S/C11H16FNO/c1-9-8-10(12)4-5-11(9)14-7-6-13(2)3/h4-5,8H,6-7H2,1-3H3. The molecule has 78 valence electrons. The summed E-state index contributed by atoms with van der Waals surface area (Å²) in [5.74, 6) is 0.538. The quantitative estimate of drug-likeness (QED) is 0.732. The molecule has 14 heavy (non-hydrogen) atoms. The summed E-state index contributed by atoms with van der Waals surface area (Å²) >= 11 is 0. The normalized spacial score (nSPS) is 10.6. The molecule has 0 atom stereocenters. The van der Waals surface area contributed by atoms with Gasteiger partial charge in [-0.3, -0.25) is 0 Å². The smallest absolute Gasteiger partial charge is 0.123 e. The molecule has 0 N–H and O–H groups in total. The maximum atomic E-state index is 12.7. The maximum Gasteiger partial charge on any atom is 0.123 e. The molecule has 0 aromatic heterocycles. The summed E-state index contributed by atoms with van der Waals surface area (Å²) in [6.45, 7) is 3.32. The van der Waals surface area contributed by atoms with Crippen molar-refractivity contribution >= 4 is 0 Å². The van der Waals surface area contributed by atoms with Gasteiger partial charge in [0, 0.05) is 6.54 Å². The van der Waals surface area contributed by atoms with E-state index in [9.17, 15) is 4.39 Å². The second-order valence-electron chi connectivity index (χ2n) is 3.56. The molecule has 0 amide bonds. The number of hydrogen-bond donors (Lipinski definition) is 0. The van der Waals surface area contributed by atoms with Gasteiger partial charge in [0.15, 0.2) is 0 Å². The van der Waals surface area contributed by atoms with Crippen molar-refractivity contribution in [3.63, 3.8) is 0 Å². The van der Waals surface area contributed by atoms with Gasteiger partial charge >= 0.3 is 0 Å². The molecule has 1 aromatic carbocycles. The number of rotatable bonds is 4. The fraction of sp³-hybridized carbons (Fsp3) is 0.455. The minimum absolute atomic E-state index is 0.220. The van der Waals surface area contributed by atoms with E-state index < -0.39 is 0 Å². The van der Waals surface area contributed by atoms with E-state index in [0.29, 0.717) is 6.61 Å². The Hall–Kier alpha value is -1.09. The van der Waals surface area contributed by atoms with E-state index in [4.69, 9.17) is 4.74 Å². The first-order valence-electron chi connectivity index (χ1n) is 4.63. The molecular formula is C11H16FNO. The van der Waals surface area contributed by atoms with E-state index in [1.807, 2.05) is 25.9 Å². The summed E-state index contributed by atoms with van der Waals surface area (Å²) < 4.78 is 18.2. The zero-order valence-electron chi connectivity index (χ0n) is 8.88. The van der Waals surface area contributed by atoms with Crippen LogP contribution >= 0.6 is 0 Å². The molecule has 0 aliphatic heterocycles. The van der Waals surface area contributed by atoms with Gasteiger partial charge in [0.25, 0.3) is 0 Å². The van der Waals surface area contributed by atoms with Crippen molar-refractivity contribution in [1.29, 1.82) is 0 Å². The summed E-state index contributed by atoms with van der Waals surface area (Å²) in [4.78, 5) is 2.04. The number of hydrogen-bond acceptors (Lipinski definition) is 2. The average molecular weight is 197 g/mol. The van der Waals surface area contributed by atoms with Gasteiger partial charge in [0.2, 0.25) is 0 Å². The van der Waals surface area contributed by atoms with Crippen LogP contribution in [0.4, 0.5) is 4.39 Å². The molecular weight excluding hydrogens is 181 g/mol. The highest BCUT2D eigenvalue weighted by molar-refractivity contribution is 5.32. The van der Waals surface area contributed by atoms with Gasteiger partial charge < -0.3 is 9.64 Å². The zero-order valence-corrected chi connectivity index (χ0v) is 8.88. The molecule has 0 radical (unpaired) electrons. The van der Waals surface area contributed by atoms with Crippen LogP contribution in [0.3, 0.4) is 0 Å². The second-order valence-corrected chi connectivity index (χ2v) is 3.56. The first-order chi connectivity index (χ1) is 6.59. The van der Waals surface area contributed by atoms with E-state index in [2.05, 4.69) is 0 Å². The zero-order chi connectivity index (χ0) is 10.6. The Morgan fingerprint density at radius 2 is 2.07 bits per heavy atom. The number of halogens is 1. The fourth-order valence-corrected chi connectivity index (χ4v) is 1.11. The van der Waals surface area contributed by atoms with E-state index >= 15 is 0 Å². The third kappa shape index (κ3) is 3.34. The molecule has 1 rings (SSSR count). The number of aryl methyl sites for hydroxylation is 1. The van der Waals surface area contributed by atoms with Gasteiger partial charge in [0.05, 0.1) is 0 Å². The Labute approximate surface area is 84.3 Å². The van der Waals surface area contributed by atoms with Crippen molar-refractivity contribution in [2.45, 2.75) is 6.92 Å². The number of ether oxygens (including phenoxy) is 1. The van der Waals surface area contributed by atoms with Crippen LogP contribution in [0.5, 0.6) is 5.75 Å². The first-order valence-corrected chi connectivity index (χ1v) is 4.63. The number of nitrogens with zero attached hydrogens (tertiary/aromatic N) is 1. The van der Waals surface area contributed by atoms with Crippen LogP contribution in [0.15, 0.2) is 18.2 Å². The third-order valence-corrected chi connectivity index (χ3v) is 1.93. The van der Waals surface area contributed by atoms with E-state index in [1.165, 1.54) is 12.1 Å². The Morgan fingerprint density at radius 1 is 1.36 bits per heavy atom.